The fourth-order valence-corrected chi connectivity index (χ4v) is 2.66. The largest absolute Gasteiger partial charge is 0.463 e. The number of hydrogen-bond donors (Lipinski definition) is 0. The lowest BCUT2D eigenvalue weighted by molar-refractivity contribution is -0.114. The second kappa shape index (κ2) is 6.24. The van der Waals surface area contributed by atoms with Gasteiger partial charge in [-0.2, -0.15) is 15.2 Å². The number of aryl methyl sites for hydroxylation is 1. The summed E-state index contributed by atoms with van der Waals surface area (Å²) in [6, 6.07) is 14.8. The van der Waals surface area contributed by atoms with E-state index in [-0.39, 0.29) is 5.91 Å². The summed E-state index contributed by atoms with van der Waals surface area (Å²) in [5.74, 6) is 0.344. The zero-order valence-electron chi connectivity index (χ0n) is 13.7. The van der Waals surface area contributed by atoms with Gasteiger partial charge in [0.2, 0.25) is 0 Å². The number of anilines is 1. The number of hydrogen-bond acceptors (Lipinski definition) is 4. The first-order chi connectivity index (χ1) is 12.3. The van der Waals surface area contributed by atoms with E-state index >= 15 is 0 Å². The van der Waals surface area contributed by atoms with E-state index in [1.54, 1.807) is 24.5 Å². The van der Waals surface area contributed by atoms with Crippen molar-refractivity contribution in [2.45, 2.75) is 13.5 Å². The van der Waals surface area contributed by atoms with Crippen LogP contribution < -0.4 is 5.01 Å². The minimum Gasteiger partial charge on any atom is -0.463 e. The van der Waals surface area contributed by atoms with Gasteiger partial charge in [0, 0.05) is 12.7 Å². The molecule has 0 fully saturated rings. The van der Waals surface area contributed by atoms with Gasteiger partial charge in [0.05, 0.1) is 23.2 Å². The van der Waals surface area contributed by atoms with Crippen LogP contribution in [0, 0.1) is 0 Å². The molecule has 25 heavy (non-hydrogen) atoms. The normalized spacial score (nSPS) is 15.9. The van der Waals surface area contributed by atoms with Crippen LogP contribution >= 0.6 is 0 Å². The third-order valence-electron chi connectivity index (χ3n) is 3.91. The summed E-state index contributed by atoms with van der Waals surface area (Å²) < 4.78 is 7.28. The molecule has 1 aromatic carbocycles. The molecule has 0 saturated carbocycles. The van der Waals surface area contributed by atoms with Crippen molar-refractivity contribution >= 4 is 23.4 Å². The minimum absolute atomic E-state index is 0.205. The van der Waals surface area contributed by atoms with Gasteiger partial charge < -0.3 is 4.42 Å². The summed E-state index contributed by atoms with van der Waals surface area (Å²) >= 11 is 0. The molecular formula is C19H16N4O2. The number of benzene rings is 1. The predicted molar refractivity (Wildman–Crippen MR) is 95.1 cm³/mol. The van der Waals surface area contributed by atoms with Gasteiger partial charge in [-0.25, -0.2) is 0 Å². The monoisotopic (exact) mass is 332 g/mol. The molecule has 124 valence electrons. The first kappa shape index (κ1) is 15.1. The molecule has 4 rings (SSSR count). The maximum atomic E-state index is 13.0. The van der Waals surface area contributed by atoms with Crippen LogP contribution in [0.4, 0.5) is 5.69 Å². The van der Waals surface area contributed by atoms with Gasteiger partial charge in [-0.05, 0) is 43.3 Å². The fourth-order valence-electron chi connectivity index (χ4n) is 2.66. The Morgan fingerprint density at radius 1 is 1.12 bits per heavy atom. The van der Waals surface area contributed by atoms with E-state index in [2.05, 4.69) is 10.2 Å². The minimum atomic E-state index is -0.205. The Morgan fingerprint density at radius 3 is 2.64 bits per heavy atom. The molecule has 1 aliphatic rings. The molecule has 0 N–H and O–H groups in total. The smallest absolute Gasteiger partial charge is 0.281 e. The molecule has 2 aromatic heterocycles. The van der Waals surface area contributed by atoms with Gasteiger partial charge in [0.25, 0.3) is 5.91 Å². The lowest BCUT2D eigenvalue weighted by Gasteiger charge is -2.10. The highest BCUT2D eigenvalue weighted by atomic mass is 16.3. The second-order valence-corrected chi connectivity index (χ2v) is 5.53. The lowest BCUT2D eigenvalue weighted by Crippen LogP contribution is -2.21. The summed E-state index contributed by atoms with van der Waals surface area (Å²) in [4.78, 5) is 13.0. The summed E-state index contributed by atoms with van der Waals surface area (Å²) in [5, 5.41) is 10.3. The van der Waals surface area contributed by atoms with Gasteiger partial charge in [-0.15, -0.1) is 0 Å². The molecule has 3 aromatic rings. The van der Waals surface area contributed by atoms with Crippen LogP contribution in [0.3, 0.4) is 0 Å². The van der Waals surface area contributed by atoms with Crippen molar-refractivity contribution in [2.75, 3.05) is 5.01 Å². The van der Waals surface area contributed by atoms with Gasteiger partial charge in [-0.3, -0.25) is 9.48 Å². The lowest BCUT2D eigenvalue weighted by atomic mass is 10.1. The van der Waals surface area contributed by atoms with Crippen molar-refractivity contribution in [1.82, 2.24) is 9.78 Å². The van der Waals surface area contributed by atoms with Crippen molar-refractivity contribution in [2.24, 2.45) is 5.10 Å². The number of para-hydroxylation sites is 1. The van der Waals surface area contributed by atoms with Crippen molar-refractivity contribution in [3.8, 4) is 0 Å². The quantitative estimate of drug-likeness (QED) is 0.688. The second-order valence-electron chi connectivity index (χ2n) is 5.53. The molecule has 0 saturated heterocycles. The Balaban J connectivity index is 1.79. The summed E-state index contributed by atoms with van der Waals surface area (Å²) in [5.41, 5.74) is 2.38. The number of rotatable bonds is 4. The molecule has 1 amide bonds. The number of furan rings is 1. The maximum Gasteiger partial charge on any atom is 0.281 e. The molecule has 1 aliphatic heterocycles. The van der Waals surface area contributed by atoms with Crippen LogP contribution in [-0.4, -0.2) is 21.4 Å². The highest BCUT2D eigenvalue weighted by molar-refractivity contribution is 6.36. The SMILES string of the molecule is CCn1ccc(C=C2C(=O)N(c3ccccc3)N=C2c2ccco2)n1. The fraction of sp³-hybridized carbons (Fsp3) is 0.105. The van der Waals surface area contributed by atoms with Gasteiger partial charge >= 0.3 is 0 Å². The topological polar surface area (TPSA) is 63.6 Å². The number of aromatic nitrogens is 2. The number of carbonyl (C=O) groups is 1. The van der Waals surface area contributed by atoms with Crippen LogP contribution in [0.1, 0.15) is 18.4 Å². The van der Waals surface area contributed by atoms with E-state index < -0.39 is 0 Å². The Morgan fingerprint density at radius 2 is 1.96 bits per heavy atom. The van der Waals surface area contributed by atoms with E-state index in [0.29, 0.717) is 28.4 Å². The van der Waals surface area contributed by atoms with Crippen molar-refractivity contribution in [3.05, 3.63) is 78.0 Å². The van der Waals surface area contributed by atoms with Crippen LogP contribution in [-0.2, 0) is 11.3 Å². The van der Waals surface area contributed by atoms with E-state index in [1.807, 2.05) is 54.2 Å². The van der Waals surface area contributed by atoms with Gasteiger partial charge in [0.1, 0.15) is 5.71 Å². The number of amides is 1. The first-order valence-corrected chi connectivity index (χ1v) is 8.04. The van der Waals surface area contributed by atoms with Crippen LogP contribution in [0.25, 0.3) is 6.08 Å². The van der Waals surface area contributed by atoms with Crippen molar-refractivity contribution in [3.63, 3.8) is 0 Å². The molecule has 0 unspecified atom stereocenters. The number of carbonyl (C=O) groups excluding carboxylic acids is 1. The van der Waals surface area contributed by atoms with Crippen LogP contribution in [0.5, 0.6) is 0 Å². The summed E-state index contributed by atoms with van der Waals surface area (Å²) in [6.07, 6.45) is 5.19. The molecule has 0 spiro atoms. The van der Waals surface area contributed by atoms with E-state index in [9.17, 15) is 4.79 Å². The molecular weight excluding hydrogens is 316 g/mol. The Labute approximate surface area is 144 Å². The third kappa shape index (κ3) is 2.78. The molecule has 0 radical (unpaired) electrons. The number of nitrogens with zero attached hydrogens (tertiary/aromatic N) is 4. The van der Waals surface area contributed by atoms with Gasteiger partial charge in [-0.1, -0.05) is 18.2 Å². The summed E-state index contributed by atoms with van der Waals surface area (Å²) in [7, 11) is 0. The standard InChI is InChI=1S/C19H16N4O2/c1-2-22-11-10-14(20-22)13-16-18(17-9-6-12-25-17)21-23(19(16)24)15-7-4-3-5-8-15/h3-13H,2H2,1H3. The third-order valence-corrected chi connectivity index (χ3v) is 3.91. The zero-order valence-corrected chi connectivity index (χ0v) is 13.7. The molecule has 0 aliphatic carbocycles. The maximum absolute atomic E-state index is 13.0. The predicted octanol–water partition coefficient (Wildman–Crippen LogP) is 3.33. The van der Waals surface area contributed by atoms with Crippen LogP contribution in [0.15, 0.2) is 76.1 Å². The van der Waals surface area contributed by atoms with E-state index in [1.165, 1.54) is 5.01 Å². The van der Waals surface area contributed by atoms with Crippen molar-refractivity contribution < 1.29 is 9.21 Å². The zero-order chi connectivity index (χ0) is 17.2. The first-order valence-electron chi connectivity index (χ1n) is 8.04. The average Bonchev–Trinajstić information content (AvgIpc) is 3.38. The molecule has 0 bridgehead atoms. The van der Waals surface area contributed by atoms with Crippen LogP contribution in [0.2, 0.25) is 0 Å². The highest BCUT2D eigenvalue weighted by Gasteiger charge is 2.33. The number of hydrazone groups is 1. The van der Waals surface area contributed by atoms with Gasteiger partial charge in [0.15, 0.2) is 5.76 Å². The average molecular weight is 332 g/mol. The molecule has 0 atom stereocenters. The Kier molecular flexibility index (Phi) is 3.78. The van der Waals surface area contributed by atoms with E-state index in [4.69, 9.17) is 4.42 Å². The molecule has 6 heteroatoms. The Hall–Kier alpha value is -3.41. The van der Waals surface area contributed by atoms with E-state index in [0.717, 1.165) is 6.54 Å². The van der Waals surface area contributed by atoms with Crippen molar-refractivity contribution in [1.29, 1.82) is 0 Å². The summed E-state index contributed by atoms with van der Waals surface area (Å²) in [6.45, 7) is 2.78. The molecule has 6 nitrogen and oxygen atoms in total. The molecule has 3 heterocycles. The highest BCUT2D eigenvalue weighted by Crippen LogP contribution is 2.27. The Bertz CT molecular complexity index is 952.